The average molecular weight is 202 g/mol. The van der Waals surface area contributed by atoms with Crippen LogP contribution in [0.3, 0.4) is 0 Å². The molecule has 0 aliphatic carbocycles. The van der Waals surface area contributed by atoms with E-state index < -0.39 is 0 Å². The van der Waals surface area contributed by atoms with Gasteiger partial charge in [-0.1, -0.05) is 27.7 Å². The van der Waals surface area contributed by atoms with Gasteiger partial charge in [-0.3, -0.25) is 9.59 Å². The summed E-state index contributed by atoms with van der Waals surface area (Å²) in [7, 11) is 3.51. The standard InChI is InChI=1S/2C5H11NO/c1-5(2,3)4(6)7;1-4-5(7)6(2)3/h1-3H3,(H2,6,7);4H2,1-3H3. The second kappa shape index (κ2) is 6.40. The lowest BCUT2D eigenvalue weighted by atomic mass is 9.96. The molecule has 14 heavy (non-hydrogen) atoms. The lowest BCUT2D eigenvalue weighted by Crippen LogP contribution is -2.27. The fraction of sp³-hybridized carbons (Fsp3) is 0.800. The monoisotopic (exact) mass is 202 g/mol. The van der Waals surface area contributed by atoms with Crippen LogP contribution < -0.4 is 5.73 Å². The lowest BCUT2D eigenvalue weighted by molar-refractivity contribution is -0.128. The van der Waals surface area contributed by atoms with Gasteiger partial charge in [0, 0.05) is 25.9 Å². The zero-order valence-corrected chi connectivity index (χ0v) is 10.0. The van der Waals surface area contributed by atoms with Gasteiger partial charge < -0.3 is 10.6 Å². The Labute approximate surface area is 86.5 Å². The molecule has 0 unspecified atom stereocenters. The molecular formula is C10H22N2O2. The number of nitrogens with two attached hydrogens (primary N) is 1. The van der Waals surface area contributed by atoms with Crippen molar-refractivity contribution in [2.45, 2.75) is 34.1 Å². The van der Waals surface area contributed by atoms with Crippen LogP contribution in [0.1, 0.15) is 34.1 Å². The van der Waals surface area contributed by atoms with Gasteiger partial charge in [-0.2, -0.15) is 0 Å². The van der Waals surface area contributed by atoms with Gasteiger partial charge in [0.25, 0.3) is 0 Å². The van der Waals surface area contributed by atoms with Crippen molar-refractivity contribution in [3.8, 4) is 0 Å². The van der Waals surface area contributed by atoms with Crippen molar-refractivity contribution < 1.29 is 9.59 Å². The molecule has 0 saturated heterocycles. The molecule has 0 atom stereocenters. The third-order valence-electron chi connectivity index (χ3n) is 1.54. The molecule has 0 aromatic rings. The highest BCUT2D eigenvalue weighted by molar-refractivity contribution is 5.79. The van der Waals surface area contributed by atoms with Crippen molar-refractivity contribution in [1.82, 2.24) is 4.90 Å². The molecule has 0 bridgehead atoms. The molecule has 0 fully saturated rings. The van der Waals surface area contributed by atoms with Crippen LogP contribution in [0.5, 0.6) is 0 Å². The first-order chi connectivity index (χ1) is 6.12. The number of nitrogens with zero attached hydrogens (tertiary/aromatic N) is 1. The maximum Gasteiger partial charge on any atom is 0.222 e. The molecular weight excluding hydrogens is 180 g/mol. The highest BCUT2D eigenvalue weighted by atomic mass is 16.2. The Hall–Kier alpha value is -1.06. The Bertz CT molecular complexity index is 191. The molecule has 0 aromatic heterocycles. The van der Waals surface area contributed by atoms with E-state index >= 15 is 0 Å². The minimum absolute atomic E-state index is 0.181. The maximum atomic E-state index is 10.4. The van der Waals surface area contributed by atoms with Crippen molar-refractivity contribution in [2.24, 2.45) is 11.1 Å². The third kappa shape index (κ3) is 9.03. The topological polar surface area (TPSA) is 63.4 Å². The SMILES string of the molecule is CC(C)(C)C(N)=O.CCC(=O)N(C)C. The van der Waals surface area contributed by atoms with Gasteiger partial charge in [0.1, 0.15) is 0 Å². The van der Waals surface area contributed by atoms with Crippen molar-refractivity contribution in [1.29, 1.82) is 0 Å². The minimum Gasteiger partial charge on any atom is -0.369 e. The number of primary amides is 1. The van der Waals surface area contributed by atoms with Crippen LogP contribution >= 0.6 is 0 Å². The molecule has 0 aromatic carbocycles. The summed E-state index contributed by atoms with van der Waals surface area (Å²) in [6.07, 6.45) is 0.604. The van der Waals surface area contributed by atoms with Gasteiger partial charge in [0.05, 0.1) is 0 Å². The second-order valence-electron chi connectivity index (χ2n) is 4.26. The first kappa shape index (κ1) is 15.4. The first-order valence-electron chi connectivity index (χ1n) is 4.63. The fourth-order valence-electron chi connectivity index (χ4n) is 0.316. The van der Waals surface area contributed by atoms with Gasteiger partial charge >= 0.3 is 0 Å². The molecule has 4 heteroatoms. The van der Waals surface area contributed by atoms with E-state index in [1.54, 1.807) is 39.8 Å². The van der Waals surface area contributed by atoms with E-state index in [1.807, 2.05) is 6.92 Å². The number of carbonyl (C=O) groups is 2. The maximum absolute atomic E-state index is 10.4. The van der Waals surface area contributed by atoms with Crippen LogP contribution in [-0.4, -0.2) is 30.8 Å². The Morgan fingerprint density at radius 1 is 1.21 bits per heavy atom. The van der Waals surface area contributed by atoms with E-state index in [0.717, 1.165) is 0 Å². The summed E-state index contributed by atoms with van der Waals surface area (Å²) < 4.78 is 0. The fourth-order valence-corrected chi connectivity index (χ4v) is 0.316. The summed E-state index contributed by atoms with van der Waals surface area (Å²) in [5.74, 6) is -0.0764. The largest absolute Gasteiger partial charge is 0.369 e. The van der Waals surface area contributed by atoms with Gasteiger partial charge in [0.2, 0.25) is 11.8 Å². The predicted molar refractivity (Wildman–Crippen MR) is 57.6 cm³/mol. The van der Waals surface area contributed by atoms with E-state index in [9.17, 15) is 9.59 Å². The molecule has 0 radical (unpaired) electrons. The summed E-state index contributed by atoms with van der Waals surface area (Å²) in [6.45, 7) is 7.21. The van der Waals surface area contributed by atoms with Crippen molar-refractivity contribution in [3.05, 3.63) is 0 Å². The number of carbonyl (C=O) groups excluding carboxylic acids is 2. The van der Waals surface area contributed by atoms with Gasteiger partial charge in [-0.05, 0) is 0 Å². The second-order valence-corrected chi connectivity index (χ2v) is 4.26. The van der Waals surface area contributed by atoms with Crippen LogP contribution in [0.4, 0.5) is 0 Å². The van der Waals surface area contributed by atoms with E-state index in [4.69, 9.17) is 5.73 Å². The zero-order chi connectivity index (χ0) is 11.9. The summed E-state index contributed by atoms with van der Waals surface area (Å²) >= 11 is 0. The number of amides is 2. The third-order valence-corrected chi connectivity index (χ3v) is 1.54. The normalized spacial score (nSPS) is 9.86. The van der Waals surface area contributed by atoms with E-state index in [2.05, 4.69) is 0 Å². The lowest BCUT2D eigenvalue weighted by Gasteiger charge is -2.10. The molecule has 0 aliphatic heterocycles. The number of rotatable bonds is 1. The van der Waals surface area contributed by atoms with E-state index in [-0.39, 0.29) is 17.2 Å². The van der Waals surface area contributed by atoms with Gasteiger partial charge in [0.15, 0.2) is 0 Å². The summed E-state index contributed by atoms with van der Waals surface area (Å²) in [5, 5.41) is 0. The molecule has 2 N–H and O–H groups in total. The Kier molecular flexibility index (Phi) is 7.05. The first-order valence-corrected chi connectivity index (χ1v) is 4.63. The molecule has 4 nitrogen and oxygen atoms in total. The molecule has 0 rings (SSSR count). The zero-order valence-electron chi connectivity index (χ0n) is 10.0. The van der Waals surface area contributed by atoms with Crippen molar-refractivity contribution in [2.75, 3.05) is 14.1 Å². The Morgan fingerprint density at radius 3 is 1.50 bits per heavy atom. The summed E-state index contributed by atoms with van der Waals surface area (Å²) in [6, 6.07) is 0. The molecule has 0 aliphatic rings. The highest BCUT2D eigenvalue weighted by Gasteiger charge is 2.16. The average Bonchev–Trinajstić information content (AvgIpc) is 2.02. The Morgan fingerprint density at radius 2 is 1.50 bits per heavy atom. The minimum atomic E-state index is -0.361. The van der Waals surface area contributed by atoms with Crippen LogP contribution in [0, 0.1) is 5.41 Å². The molecule has 84 valence electrons. The summed E-state index contributed by atoms with van der Waals surface area (Å²) in [4.78, 5) is 22.3. The number of hydrogen-bond donors (Lipinski definition) is 1. The van der Waals surface area contributed by atoms with E-state index in [1.165, 1.54) is 0 Å². The van der Waals surface area contributed by atoms with Gasteiger partial charge in [-0.25, -0.2) is 0 Å². The smallest absolute Gasteiger partial charge is 0.222 e. The predicted octanol–water partition coefficient (Wildman–Crippen LogP) is 1.00. The number of hydrogen-bond acceptors (Lipinski definition) is 2. The van der Waals surface area contributed by atoms with Crippen LogP contribution in [0.15, 0.2) is 0 Å². The van der Waals surface area contributed by atoms with Crippen molar-refractivity contribution in [3.63, 3.8) is 0 Å². The molecule has 0 spiro atoms. The Balaban J connectivity index is 0. The van der Waals surface area contributed by atoms with E-state index in [0.29, 0.717) is 6.42 Å². The van der Waals surface area contributed by atoms with Crippen LogP contribution in [0.25, 0.3) is 0 Å². The van der Waals surface area contributed by atoms with Gasteiger partial charge in [-0.15, -0.1) is 0 Å². The van der Waals surface area contributed by atoms with Crippen molar-refractivity contribution >= 4 is 11.8 Å². The van der Waals surface area contributed by atoms with Crippen LogP contribution in [0.2, 0.25) is 0 Å². The molecule has 2 amide bonds. The summed E-state index contributed by atoms with van der Waals surface area (Å²) in [5.41, 5.74) is 4.57. The molecule has 0 saturated carbocycles. The quantitative estimate of drug-likeness (QED) is 0.689. The van der Waals surface area contributed by atoms with Crippen LogP contribution in [-0.2, 0) is 9.59 Å². The molecule has 0 heterocycles. The highest BCUT2D eigenvalue weighted by Crippen LogP contribution is 2.09.